The number of hydrogen-bond acceptors (Lipinski definition) is 5. The Kier molecular flexibility index (Phi) is 3.34. The van der Waals surface area contributed by atoms with Crippen LogP contribution >= 0.6 is 0 Å². The molecule has 0 saturated heterocycles. The zero-order valence-electron chi connectivity index (χ0n) is 9.41. The van der Waals surface area contributed by atoms with Gasteiger partial charge in [0.15, 0.2) is 23.5 Å². The summed E-state index contributed by atoms with van der Waals surface area (Å²) in [5.74, 6) is -1.13. The molecule has 0 N–H and O–H groups in total. The van der Waals surface area contributed by atoms with Crippen molar-refractivity contribution < 1.29 is 14.1 Å². The zero-order chi connectivity index (χ0) is 13.8. The molecule has 0 atom stereocenters. The van der Waals surface area contributed by atoms with E-state index in [1.807, 2.05) is 0 Å². The van der Waals surface area contributed by atoms with Gasteiger partial charge >= 0.3 is 5.82 Å². The number of pyridine rings is 1. The van der Waals surface area contributed by atoms with Gasteiger partial charge in [-0.3, -0.25) is 0 Å². The van der Waals surface area contributed by atoms with Gasteiger partial charge in [0.05, 0.1) is 5.56 Å². The number of benzene rings is 1. The molecular formula is C12H6FN3O3. The van der Waals surface area contributed by atoms with Gasteiger partial charge in [0.25, 0.3) is 0 Å². The van der Waals surface area contributed by atoms with Gasteiger partial charge in [-0.25, -0.2) is 4.39 Å². The molecule has 1 aromatic carbocycles. The normalized spacial score (nSPS) is 9.68. The van der Waals surface area contributed by atoms with Crippen LogP contribution in [0.25, 0.3) is 0 Å². The van der Waals surface area contributed by atoms with Crippen molar-refractivity contribution in [2.24, 2.45) is 0 Å². The topological polar surface area (TPSA) is 89.0 Å². The lowest BCUT2D eigenvalue weighted by Crippen LogP contribution is -1.94. The van der Waals surface area contributed by atoms with E-state index < -0.39 is 10.7 Å². The molecular weight excluding hydrogens is 253 g/mol. The maximum atomic E-state index is 13.7. The third-order valence-electron chi connectivity index (χ3n) is 2.22. The van der Waals surface area contributed by atoms with Crippen LogP contribution in [-0.4, -0.2) is 9.91 Å². The van der Waals surface area contributed by atoms with Gasteiger partial charge in [0.2, 0.25) is 0 Å². The van der Waals surface area contributed by atoms with Crippen molar-refractivity contribution in [1.82, 2.24) is 4.98 Å². The van der Waals surface area contributed by atoms with Crippen LogP contribution in [0, 0.1) is 27.3 Å². The Morgan fingerprint density at radius 2 is 2.16 bits per heavy atom. The lowest BCUT2D eigenvalue weighted by molar-refractivity contribution is -0.389. The number of hydrogen-bond donors (Lipinski definition) is 0. The maximum absolute atomic E-state index is 13.7. The van der Waals surface area contributed by atoms with Crippen molar-refractivity contribution in [2.75, 3.05) is 0 Å². The van der Waals surface area contributed by atoms with E-state index in [0.717, 1.165) is 12.3 Å². The lowest BCUT2D eigenvalue weighted by Gasteiger charge is -2.05. The van der Waals surface area contributed by atoms with E-state index >= 15 is 0 Å². The van der Waals surface area contributed by atoms with Gasteiger partial charge in [-0.2, -0.15) is 5.26 Å². The van der Waals surface area contributed by atoms with Crippen molar-refractivity contribution in [3.8, 4) is 17.6 Å². The van der Waals surface area contributed by atoms with Gasteiger partial charge in [-0.15, -0.1) is 0 Å². The fourth-order valence-electron chi connectivity index (χ4n) is 1.34. The predicted molar refractivity (Wildman–Crippen MR) is 62.1 cm³/mol. The molecule has 2 aromatic rings. The summed E-state index contributed by atoms with van der Waals surface area (Å²) in [7, 11) is 0. The molecule has 0 unspecified atom stereocenters. The Hall–Kier alpha value is -3.01. The molecule has 94 valence electrons. The molecule has 0 radical (unpaired) electrons. The first-order chi connectivity index (χ1) is 9.11. The zero-order valence-corrected chi connectivity index (χ0v) is 9.41. The molecule has 6 nitrogen and oxygen atoms in total. The molecule has 0 bridgehead atoms. The summed E-state index contributed by atoms with van der Waals surface area (Å²) in [6.45, 7) is 0. The molecule has 19 heavy (non-hydrogen) atoms. The first-order valence-corrected chi connectivity index (χ1v) is 5.08. The summed E-state index contributed by atoms with van der Waals surface area (Å²) in [5, 5.41) is 19.1. The van der Waals surface area contributed by atoms with Crippen LogP contribution in [0.5, 0.6) is 11.5 Å². The first-order valence-electron chi connectivity index (χ1n) is 5.08. The Bertz CT molecular complexity index is 665. The van der Waals surface area contributed by atoms with Crippen LogP contribution in [0.4, 0.5) is 10.2 Å². The van der Waals surface area contributed by atoms with E-state index in [1.54, 1.807) is 6.07 Å². The predicted octanol–water partition coefficient (Wildman–Crippen LogP) is 2.79. The number of rotatable bonds is 3. The van der Waals surface area contributed by atoms with E-state index in [-0.39, 0.29) is 22.9 Å². The number of nitriles is 1. The minimum absolute atomic E-state index is 0.139. The number of halogens is 1. The van der Waals surface area contributed by atoms with Crippen molar-refractivity contribution in [3.05, 3.63) is 58.0 Å². The molecule has 0 aliphatic rings. The highest BCUT2D eigenvalue weighted by Gasteiger charge is 2.12. The monoisotopic (exact) mass is 259 g/mol. The Morgan fingerprint density at radius 1 is 1.37 bits per heavy atom. The summed E-state index contributed by atoms with van der Waals surface area (Å²) in [4.78, 5) is 13.3. The molecule has 0 saturated carbocycles. The molecule has 0 amide bonds. The average Bonchev–Trinajstić information content (AvgIpc) is 2.42. The second-order valence-corrected chi connectivity index (χ2v) is 3.44. The third-order valence-corrected chi connectivity index (χ3v) is 2.22. The largest absolute Gasteiger partial charge is 0.450 e. The van der Waals surface area contributed by atoms with Gasteiger partial charge in [-0.1, -0.05) is 6.07 Å². The molecule has 0 fully saturated rings. The highest BCUT2D eigenvalue weighted by Crippen LogP contribution is 2.26. The fraction of sp³-hybridized carbons (Fsp3) is 0. The number of ether oxygens (including phenoxy) is 1. The molecule has 0 aliphatic carbocycles. The summed E-state index contributed by atoms with van der Waals surface area (Å²) in [6, 6.07) is 8.25. The Morgan fingerprint density at radius 3 is 2.74 bits per heavy atom. The Labute approximate surface area is 106 Å². The summed E-state index contributed by atoms with van der Waals surface area (Å²) in [6.07, 6.45) is 1.11. The van der Waals surface area contributed by atoms with Crippen LogP contribution in [0.2, 0.25) is 0 Å². The molecule has 7 heteroatoms. The molecule has 2 rings (SSSR count). The lowest BCUT2D eigenvalue weighted by atomic mass is 10.2. The molecule has 1 aromatic heterocycles. The van der Waals surface area contributed by atoms with E-state index in [1.165, 1.54) is 24.3 Å². The van der Waals surface area contributed by atoms with Crippen LogP contribution < -0.4 is 4.74 Å². The van der Waals surface area contributed by atoms with Crippen LogP contribution in [0.1, 0.15) is 5.56 Å². The van der Waals surface area contributed by atoms with Crippen molar-refractivity contribution >= 4 is 5.82 Å². The first kappa shape index (κ1) is 12.4. The van der Waals surface area contributed by atoms with Gasteiger partial charge in [0, 0.05) is 6.07 Å². The van der Waals surface area contributed by atoms with Crippen molar-refractivity contribution in [2.45, 2.75) is 0 Å². The number of nitrogens with zero attached hydrogens (tertiary/aromatic N) is 3. The van der Waals surface area contributed by atoms with E-state index in [4.69, 9.17) is 10.00 Å². The Balaban J connectivity index is 2.27. The summed E-state index contributed by atoms with van der Waals surface area (Å²) in [5.41, 5.74) is -0.146. The van der Waals surface area contributed by atoms with Crippen LogP contribution in [-0.2, 0) is 0 Å². The minimum Gasteiger partial charge on any atom is -0.450 e. The number of nitro groups is 1. The third kappa shape index (κ3) is 2.63. The molecule has 0 aliphatic heterocycles. The van der Waals surface area contributed by atoms with Gasteiger partial charge in [0.1, 0.15) is 6.07 Å². The highest BCUT2D eigenvalue weighted by atomic mass is 19.1. The van der Waals surface area contributed by atoms with Gasteiger partial charge < -0.3 is 14.9 Å². The summed E-state index contributed by atoms with van der Waals surface area (Å²) < 4.78 is 18.9. The minimum atomic E-state index is -0.789. The number of aromatic nitrogens is 1. The maximum Gasteiger partial charge on any atom is 0.363 e. The average molecular weight is 259 g/mol. The van der Waals surface area contributed by atoms with E-state index in [2.05, 4.69) is 4.98 Å². The second-order valence-electron chi connectivity index (χ2n) is 3.44. The van der Waals surface area contributed by atoms with Crippen molar-refractivity contribution in [3.63, 3.8) is 0 Å². The van der Waals surface area contributed by atoms with Gasteiger partial charge in [-0.05, 0) is 28.1 Å². The van der Waals surface area contributed by atoms with Crippen LogP contribution in [0.3, 0.4) is 0 Å². The molecule has 1 heterocycles. The quantitative estimate of drug-likeness (QED) is 0.624. The standard InChI is InChI=1S/C12H6FN3O3/c13-12-8(6-14)2-1-3-10(12)19-9-4-5-11(15-7-9)16(17)18/h1-5,7H. The van der Waals surface area contributed by atoms with Crippen LogP contribution in [0.15, 0.2) is 36.5 Å². The van der Waals surface area contributed by atoms with E-state index in [9.17, 15) is 14.5 Å². The fourth-order valence-corrected chi connectivity index (χ4v) is 1.34. The summed E-state index contributed by atoms with van der Waals surface area (Å²) >= 11 is 0. The van der Waals surface area contributed by atoms with Crippen molar-refractivity contribution in [1.29, 1.82) is 5.26 Å². The second kappa shape index (κ2) is 5.10. The SMILES string of the molecule is N#Cc1cccc(Oc2ccc([N+](=O)[O-])nc2)c1F. The smallest absolute Gasteiger partial charge is 0.363 e. The molecule has 0 spiro atoms. The van der Waals surface area contributed by atoms with E-state index in [0.29, 0.717) is 0 Å². The highest BCUT2D eigenvalue weighted by molar-refractivity contribution is 5.41.